The van der Waals surface area contributed by atoms with Gasteiger partial charge in [0.25, 0.3) is 0 Å². The number of carbonyl (C=O) groups excluding carboxylic acids is 4. The second-order valence-corrected chi connectivity index (χ2v) is 27.8. The van der Waals surface area contributed by atoms with Crippen LogP contribution in [-0.2, 0) is 65.4 Å². The second kappa shape index (κ2) is 69.5. The minimum Gasteiger partial charge on any atom is -0.462 e. The molecule has 0 spiro atoms. The third-order valence-electron chi connectivity index (χ3n) is 15.5. The molecule has 554 valence electrons. The Morgan fingerprint density at radius 2 is 0.573 bits per heavy atom. The molecule has 0 aliphatic heterocycles. The number of carbonyl (C=O) groups is 4. The maximum Gasteiger partial charge on any atom is 0.472 e. The van der Waals surface area contributed by atoms with Crippen LogP contribution in [0.3, 0.4) is 0 Å². The number of hydrogen-bond acceptors (Lipinski definition) is 15. The molecule has 0 aromatic rings. The van der Waals surface area contributed by atoms with E-state index < -0.39 is 97.5 Å². The van der Waals surface area contributed by atoms with Crippen molar-refractivity contribution < 1.29 is 80.2 Å². The number of unbranched alkanes of at least 4 members (excludes halogenated alkanes) is 28. The van der Waals surface area contributed by atoms with Gasteiger partial charge in [-0.25, -0.2) is 9.13 Å². The standard InChI is InChI=1S/C77H134O17P2/c1-5-9-13-17-21-25-29-31-33-34-35-36-38-40-44-46-50-54-58-62-75(80)88-68-73(94-77(82)64-60-56-52-48-42-28-24-20-16-12-8-4)70-92-96(85,86)90-66-71(78)65-89-95(83,84)91-69-72(93-76(81)63-59-55-51-47-41-27-23-19-15-11-7-3)67-87-74(79)61-57-53-49-45-43-39-37-32-30-26-22-18-14-10-6-2/h9,13,19-21,23-25,31,33,35-36,40,44,50,54,71-73,78H,5-8,10-12,14-18,22,26-30,32,34,37-39,41-43,45-49,51-53,55-70H2,1-4H3,(H,83,84)(H,85,86)/b13-9-,23-19-,24-20-,25-21-,33-31-,36-35-,44-40-,54-50-. The molecule has 19 heteroatoms. The summed E-state index contributed by atoms with van der Waals surface area (Å²) in [6.07, 6.45) is 71.5. The number of aliphatic hydroxyl groups excluding tert-OH is 1. The van der Waals surface area contributed by atoms with Crippen molar-refractivity contribution in [3.63, 3.8) is 0 Å². The van der Waals surface area contributed by atoms with Crippen LogP contribution in [0.1, 0.15) is 310 Å². The molecular formula is C77H134O17P2. The molecule has 0 aliphatic carbocycles. The lowest BCUT2D eigenvalue weighted by Gasteiger charge is -2.21. The van der Waals surface area contributed by atoms with Crippen LogP contribution in [0, 0.1) is 0 Å². The quantitative estimate of drug-likeness (QED) is 0.0169. The Kier molecular flexibility index (Phi) is 66.6. The van der Waals surface area contributed by atoms with Crippen LogP contribution in [0.25, 0.3) is 0 Å². The highest BCUT2D eigenvalue weighted by Crippen LogP contribution is 2.45. The topological polar surface area (TPSA) is 237 Å². The lowest BCUT2D eigenvalue weighted by Crippen LogP contribution is -2.30. The summed E-state index contributed by atoms with van der Waals surface area (Å²) in [5.41, 5.74) is 0. The number of esters is 4. The second-order valence-electron chi connectivity index (χ2n) is 24.9. The normalized spacial score (nSPS) is 14.5. The Morgan fingerprint density at radius 3 is 0.927 bits per heavy atom. The van der Waals surface area contributed by atoms with E-state index >= 15 is 0 Å². The van der Waals surface area contributed by atoms with Crippen molar-refractivity contribution in [2.45, 2.75) is 329 Å². The summed E-state index contributed by atoms with van der Waals surface area (Å²) in [4.78, 5) is 72.6. The first-order valence-electron chi connectivity index (χ1n) is 37.5. The maximum absolute atomic E-state index is 13.0. The number of ether oxygens (including phenoxy) is 4. The van der Waals surface area contributed by atoms with E-state index in [1.165, 1.54) is 96.3 Å². The monoisotopic (exact) mass is 1390 g/mol. The van der Waals surface area contributed by atoms with Crippen LogP contribution < -0.4 is 0 Å². The maximum atomic E-state index is 13.0. The molecular weight excluding hydrogens is 1260 g/mol. The first-order chi connectivity index (χ1) is 46.7. The molecule has 0 bridgehead atoms. The highest BCUT2D eigenvalue weighted by atomic mass is 31.2. The zero-order valence-corrected chi connectivity index (χ0v) is 62.1. The van der Waals surface area contributed by atoms with Gasteiger partial charge in [0.1, 0.15) is 19.3 Å². The van der Waals surface area contributed by atoms with Crippen LogP contribution in [0.15, 0.2) is 97.2 Å². The zero-order chi connectivity index (χ0) is 70.4. The van der Waals surface area contributed by atoms with Gasteiger partial charge in [-0.1, -0.05) is 279 Å². The first-order valence-corrected chi connectivity index (χ1v) is 40.5. The van der Waals surface area contributed by atoms with E-state index in [0.717, 1.165) is 128 Å². The van der Waals surface area contributed by atoms with Gasteiger partial charge in [-0.15, -0.1) is 0 Å². The van der Waals surface area contributed by atoms with Gasteiger partial charge in [0, 0.05) is 25.7 Å². The predicted octanol–water partition coefficient (Wildman–Crippen LogP) is 21.2. The van der Waals surface area contributed by atoms with Gasteiger partial charge in [0.05, 0.1) is 26.4 Å². The molecule has 0 aromatic carbocycles. The van der Waals surface area contributed by atoms with Crippen LogP contribution in [0.4, 0.5) is 0 Å². The third kappa shape index (κ3) is 68.5. The Balaban J connectivity index is 5.33. The molecule has 0 heterocycles. The van der Waals surface area contributed by atoms with Gasteiger partial charge in [-0.3, -0.25) is 37.3 Å². The molecule has 17 nitrogen and oxygen atoms in total. The van der Waals surface area contributed by atoms with Crippen LogP contribution in [-0.4, -0.2) is 96.7 Å². The molecule has 5 atom stereocenters. The van der Waals surface area contributed by atoms with Gasteiger partial charge in [-0.05, 0) is 103 Å². The fourth-order valence-corrected chi connectivity index (χ4v) is 11.4. The summed E-state index contributed by atoms with van der Waals surface area (Å²) in [5.74, 6) is -2.28. The fraction of sp³-hybridized carbons (Fsp3) is 0.740. The average molecular weight is 1390 g/mol. The molecule has 0 saturated heterocycles. The molecule has 0 fully saturated rings. The molecule has 3 N–H and O–H groups in total. The fourth-order valence-electron chi connectivity index (χ4n) is 9.80. The smallest absolute Gasteiger partial charge is 0.462 e. The van der Waals surface area contributed by atoms with E-state index in [9.17, 15) is 43.2 Å². The predicted molar refractivity (Wildman–Crippen MR) is 390 cm³/mol. The summed E-state index contributed by atoms with van der Waals surface area (Å²) < 4.78 is 68.2. The molecule has 0 amide bonds. The summed E-state index contributed by atoms with van der Waals surface area (Å²) in [6, 6.07) is 0. The van der Waals surface area contributed by atoms with Crippen molar-refractivity contribution in [2.75, 3.05) is 39.6 Å². The number of allylic oxidation sites excluding steroid dienone is 16. The summed E-state index contributed by atoms with van der Waals surface area (Å²) in [7, 11) is -9.96. The Labute approximate surface area is 582 Å². The number of phosphoric acid groups is 2. The Hall–Kier alpha value is -4.02. The SMILES string of the molecule is CC/C=C\C/C=C\C/C=C\C/C=C\C/C=C\C/C=C\CCC(=O)OCC(COP(=O)(O)OCC(O)COP(=O)(O)OCC(COC(=O)CCCCCCCCCCCCCCCCC)OC(=O)CCCCCCC/C=C\CCCC)OC(=O)CCCCCCC/C=C\CCCC. The Bertz CT molecular complexity index is 2200. The van der Waals surface area contributed by atoms with Gasteiger partial charge in [-0.2, -0.15) is 0 Å². The van der Waals surface area contributed by atoms with Crippen LogP contribution in [0.5, 0.6) is 0 Å². The number of rotatable bonds is 70. The first kappa shape index (κ1) is 92.0. The van der Waals surface area contributed by atoms with Gasteiger partial charge in [0.15, 0.2) is 12.2 Å². The van der Waals surface area contributed by atoms with Crippen LogP contribution >= 0.6 is 15.6 Å². The Morgan fingerprint density at radius 1 is 0.302 bits per heavy atom. The van der Waals surface area contributed by atoms with Crippen molar-refractivity contribution in [3.05, 3.63) is 97.2 Å². The minimum absolute atomic E-state index is 0.0346. The molecule has 0 saturated carbocycles. The van der Waals surface area contributed by atoms with E-state index in [1.807, 2.05) is 18.2 Å². The van der Waals surface area contributed by atoms with Crippen molar-refractivity contribution in [1.29, 1.82) is 0 Å². The number of hydrogen-bond donors (Lipinski definition) is 3. The van der Waals surface area contributed by atoms with E-state index in [2.05, 4.69) is 107 Å². The average Bonchev–Trinajstić information content (AvgIpc) is 1.15. The van der Waals surface area contributed by atoms with Crippen molar-refractivity contribution in [1.82, 2.24) is 0 Å². The van der Waals surface area contributed by atoms with E-state index in [-0.39, 0.29) is 25.7 Å². The minimum atomic E-state index is -4.99. The molecule has 5 unspecified atom stereocenters. The molecule has 96 heavy (non-hydrogen) atoms. The van der Waals surface area contributed by atoms with Crippen molar-refractivity contribution in [3.8, 4) is 0 Å². The summed E-state index contributed by atoms with van der Waals surface area (Å²) >= 11 is 0. The highest BCUT2D eigenvalue weighted by molar-refractivity contribution is 7.47. The summed E-state index contributed by atoms with van der Waals surface area (Å²) in [5, 5.41) is 10.6. The third-order valence-corrected chi connectivity index (χ3v) is 17.4. The van der Waals surface area contributed by atoms with E-state index in [4.69, 9.17) is 37.0 Å². The highest BCUT2D eigenvalue weighted by Gasteiger charge is 2.30. The lowest BCUT2D eigenvalue weighted by molar-refractivity contribution is -0.161. The largest absolute Gasteiger partial charge is 0.472 e. The van der Waals surface area contributed by atoms with Gasteiger partial charge in [0.2, 0.25) is 0 Å². The van der Waals surface area contributed by atoms with Gasteiger partial charge < -0.3 is 33.8 Å². The lowest BCUT2D eigenvalue weighted by atomic mass is 10.0. The number of phosphoric ester groups is 2. The van der Waals surface area contributed by atoms with Gasteiger partial charge >= 0.3 is 39.5 Å². The molecule has 0 aromatic heterocycles. The molecule has 0 radical (unpaired) electrons. The zero-order valence-electron chi connectivity index (χ0n) is 60.3. The van der Waals surface area contributed by atoms with Crippen molar-refractivity contribution in [2.24, 2.45) is 0 Å². The van der Waals surface area contributed by atoms with E-state index in [1.54, 1.807) is 0 Å². The molecule has 0 rings (SSSR count). The van der Waals surface area contributed by atoms with E-state index in [0.29, 0.717) is 32.1 Å². The number of aliphatic hydroxyl groups is 1. The van der Waals surface area contributed by atoms with Crippen LogP contribution in [0.2, 0.25) is 0 Å². The molecule has 0 aliphatic rings. The summed E-state index contributed by atoms with van der Waals surface area (Å²) in [6.45, 7) is 4.59. The van der Waals surface area contributed by atoms with Crippen molar-refractivity contribution >= 4 is 39.5 Å².